The molecule has 0 amide bonds. The molecule has 0 rings (SSSR count). The highest BCUT2D eigenvalue weighted by Crippen LogP contribution is 2.14. The van der Waals surface area contributed by atoms with Crippen LogP contribution in [0.1, 0.15) is 83.5 Å². The van der Waals surface area contributed by atoms with Crippen LogP contribution in [0.3, 0.4) is 0 Å². The zero-order chi connectivity index (χ0) is 18.8. The first-order chi connectivity index (χ1) is 12.1. The Hall–Kier alpha value is -0.690. The van der Waals surface area contributed by atoms with Gasteiger partial charge in [-0.1, -0.05) is 51.4 Å². The lowest BCUT2D eigenvalue weighted by atomic mass is 10.0. The Kier molecular flexibility index (Phi) is 17.6. The van der Waals surface area contributed by atoms with E-state index in [1.165, 1.54) is 0 Å². The van der Waals surface area contributed by atoms with E-state index < -0.39 is 6.10 Å². The van der Waals surface area contributed by atoms with Crippen molar-refractivity contribution in [2.75, 3.05) is 19.8 Å². The topological polar surface area (TPSA) is 107 Å². The average molecular weight is 363 g/mol. The Labute approximate surface area is 152 Å². The SMILES string of the molecule is O=C(CCCCCCCC(O)CCCCCCCO)OC(CO)CO. The molecule has 0 aromatic rings. The number of carbonyl (C=O) groups is 1. The van der Waals surface area contributed by atoms with Crippen LogP contribution in [-0.4, -0.2) is 58.4 Å². The summed E-state index contributed by atoms with van der Waals surface area (Å²) >= 11 is 0. The molecule has 4 N–H and O–H groups in total. The van der Waals surface area contributed by atoms with Crippen LogP contribution in [0.15, 0.2) is 0 Å². The number of hydrogen-bond donors (Lipinski definition) is 4. The van der Waals surface area contributed by atoms with Gasteiger partial charge in [0.05, 0.1) is 19.3 Å². The summed E-state index contributed by atoms with van der Waals surface area (Å²) in [7, 11) is 0. The average Bonchev–Trinajstić information content (AvgIpc) is 2.61. The molecule has 6 nitrogen and oxygen atoms in total. The van der Waals surface area contributed by atoms with Crippen LogP contribution in [-0.2, 0) is 9.53 Å². The minimum atomic E-state index is -0.802. The van der Waals surface area contributed by atoms with E-state index in [1.54, 1.807) is 0 Å². The van der Waals surface area contributed by atoms with Crippen molar-refractivity contribution in [1.29, 1.82) is 0 Å². The fourth-order valence-corrected chi connectivity index (χ4v) is 2.72. The Morgan fingerprint density at radius 1 is 0.720 bits per heavy atom. The van der Waals surface area contributed by atoms with Gasteiger partial charge in [-0.3, -0.25) is 4.79 Å². The molecule has 0 saturated carbocycles. The molecule has 0 aromatic carbocycles. The van der Waals surface area contributed by atoms with Crippen molar-refractivity contribution in [2.24, 2.45) is 0 Å². The van der Waals surface area contributed by atoms with E-state index in [1.807, 2.05) is 0 Å². The van der Waals surface area contributed by atoms with E-state index >= 15 is 0 Å². The molecule has 6 heteroatoms. The standard InChI is InChI=1S/C19H38O6/c20-14-10-6-2-4-8-12-17(23)11-7-3-1-5-9-13-19(24)25-18(15-21)16-22/h17-18,20-23H,1-16H2. The Morgan fingerprint density at radius 3 is 1.72 bits per heavy atom. The fraction of sp³-hybridized carbons (Fsp3) is 0.947. The van der Waals surface area contributed by atoms with Gasteiger partial charge in [0.15, 0.2) is 0 Å². The molecule has 0 radical (unpaired) electrons. The van der Waals surface area contributed by atoms with E-state index in [-0.39, 0.29) is 31.9 Å². The number of ether oxygens (including phenoxy) is 1. The molecule has 0 fully saturated rings. The highest BCUT2D eigenvalue weighted by molar-refractivity contribution is 5.69. The molecule has 0 spiro atoms. The third-order valence-electron chi connectivity index (χ3n) is 4.32. The fourth-order valence-electron chi connectivity index (χ4n) is 2.72. The van der Waals surface area contributed by atoms with E-state index in [0.29, 0.717) is 6.42 Å². The molecular formula is C19H38O6. The van der Waals surface area contributed by atoms with Crippen molar-refractivity contribution in [3.63, 3.8) is 0 Å². The van der Waals surface area contributed by atoms with Gasteiger partial charge in [0.2, 0.25) is 0 Å². The lowest BCUT2D eigenvalue weighted by molar-refractivity contribution is -0.153. The maximum atomic E-state index is 11.4. The Bertz CT molecular complexity index is 294. The van der Waals surface area contributed by atoms with Crippen LogP contribution in [0.4, 0.5) is 0 Å². The molecule has 0 aromatic heterocycles. The number of aliphatic hydroxyl groups excluding tert-OH is 4. The Morgan fingerprint density at radius 2 is 1.20 bits per heavy atom. The van der Waals surface area contributed by atoms with Crippen molar-refractivity contribution in [1.82, 2.24) is 0 Å². The van der Waals surface area contributed by atoms with Crippen LogP contribution < -0.4 is 0 Å². The molecule has 150 valence electrons. The van der Waals surface area contributed by atoms with Gasteiger partial charge in [-0.2, -0.15) is 0 Å². The van der Waals surface area contributed by atoms with Gasteiger partial charge >= 0.3 is 5.97 Å². The molecule has 0 saturated heterocycles. The number of esters is 1. The van der Waals surface area contributed by atoms with E-state index in [2.05, 4.69) is 0 Å². The minimum absolute atomic E-state index is 0.207. The van der Waals surface area contributed by atoms with Crippen molar-refractivity contribution >= 4 is 5.97 Å². The van der Waals surface area contributed by atoms with E-state index in [4.69, 9.17) is 20.1 Å². The van der Waals surface area contributed by atoms with Gasteiger partial charge in [-0.15, -0.1) is 0 Å². The molecule has 1 atom stereocenters. The molecule has 0 aliphatic carbocycles. The van der Waals surface area contributed by atoms with Gasteiger partial charge in [0, 0.05) is 13.0 Å². The van der Waals surface area contributed by atoms with Crippen LogP contribution in [0.5, 0.6) is 0 Å². The monoisotopic (exact) mass is 362 g/mol. The summed E-state index contributed by atoms with van der Waals surface area (Å²) in [6.45, 7) is -0.434. The molecule has 0 heterocycles. The van der Waals surface area contributed by atoms with Crippen molar-refractivity contribution in [3.05, 3.63) is 0 Å². The predicted octanol–water partition coefficient (Wildman–Crippen LogP) is 2.31. The first kappa shape index (κ1) is 24.3. The van der Waals surface area contributed by atoms with Crippen molar-refractivity contribution in [3.8, 4) is 0 Å². The van der Waals surface area contributed by atoms with Crippen LogP contribution >= 0.6 is 0 Å². The zero-order valence-corrected chi connectivity index (χ0v) is 15.6. The third kappa shape index (κ3) is 16.5. The van der Waals surface area contributed by atoms with E-state index in [0.717, 1.165) is 77.0 Å². The maximum absolute atomic E-state index is 11.4. The van der Waals surface area contributed by atoms with Crippen LogP contribution in [0.25, 0.3) is 0 Å². The molecule has 25 heavy (non-hydrogen) atoms. The van der Waals surface area contributed by atoms with Crippen LogP contribution in [0, 0.1) is 0 Å². The number of rotatable bonds is 18. The molecule has 0 aliphatic heterocycles. The summed E-state index contributed by atoms with van der Waals surface area (Å²) in [6, 6.07) is 0. The van der Waals surface area contributed by atoms with Gasteiger partial charge in [-0.25, -0.2) is 0 Å². The summed E-state index contributed by atoms with van der Waals surface area (Å²) in [6.07, 6.45) is 11.1. The van der Waals surface area contributed by atoms with Crippen molar-refractivity contribution < 1.29 is 30.0 Å². The quantitative estimate of drug-likeness (QED) is 0.220. The smallest absolute Gasteiger partial charge is 0.306 e. The summed E-state index contributed by atoms with van der Waals surface area (Å²) in [5, 5.41) is 36.3. The first-order valence-electron chi connectivity index (χ1n) is 9.84. The Balaban J connectivity index is 3.35. The van der Waals surface area contributed by atoms with E-state index in [9.17, 15) is 9.90 Å². The van der Waals surface area contributed by atoms with Gasteiger partial charge in [0.1, 0.15) is 6.10 Å². The normalized spacial score (nSPS) is 12.5. The maximum Gasteiger partial charge on any atom is 0.306 e. The number of unbranched alkanes of at least 4 members (excludes halogenated alkanes) is 8. The molecule has 0 bridgehead atoms. The van der Waals surface area contributed by atoms with Gasteiger partial charge in [-0.05, 0) is 25.7 Å². The van der Waals surface area contributed by atoms with Gasteiger partial charge < -0.3 is 25.2 Å². The lowest BCUT2D eigenvalue weighted by Crippen LogP contribution is -2.25. The highest BCUT2D eigenvalue weighted by Gasteiger charge is 2.11. The largest absolute Gasteiger partial charge is 0.457 e. The lowest BCUT2D eigenvalue weighted by Gasteiger charge is -2.12. The second-order valence-corrected chi connectivity index (χ2v) is 6.72. The second kappa shape index (κ2) is 18.1. The zero-order valence-electron chi connectivity index (χ0n) is 15.6. The third-order valence-corrected chi connectivity index (χ3v) is 4.32. The molecule has 1 unspecified atom stereocenters. The number of aliphatic hydroxyl groups is 4. The summed E-state index contributed by atoms with van der Waals surface area (Å²) in [5.74, 6) is -0.373. The summed E-state index contributed by atoms with van der Waals surface area (Å²) in [5.41, 5.74) is 0. The summed E-state index contributed by atoms with van der Waals surface area (Å²) < 4.78 is 4.89. The highest BCUT2D eigenvalue weighted by atomic mass is 16.6. The van der Waals surface area contributed by atoms with Gasteiger partial charge in [0.25, 0.3) is 0 Å². The number of carbonyl (C=O) groups excluding carboxylic acids is 1. The molecular weight excluding hydrogens is 324 g/mol. The first-order valence-corrected chi connectivity index (χ1v) is 9.84. The van der Waals surface area contributed by atoms with Crippen LogP contribution in [0.2, 0.25) is 0 Å². The van der Waals surface area contributed by atoms with Crippen molar-refractivity contribution in [2.45, 2.75) is 95.7 Å². The second-order valence-electron chi connectivity index (χ2n) is 6.72. The molecule has 0 aliphatic rings. The predicted molar refractivity (Wildman–Crippen MR) is 97.2 cm³/mol. The number of hydrogen-bond acceptors (Lipinski definition) is 6. The minimum Gasteiger partial charge on any atom is -0.457 e. The summed E-state index contributed by atoms with van der Waals surface area (Å²) in [4.78, 5) is 11.4.